The van der Waals surface area contributed by atoms with E-state index in [4.69, 9.17) is 0 Å². The van der Waals surface area contributed by atoms with Gasteiger partial charge in [0.1, 0.15) is 0 Å². The van der Waals surface area contributed by atoms with Crippen LogP contribution in [0.3, 0.4) is 0 Å². The Hall–Kier alpha value is -0.157. The molecule has 0 unspecified atom stereocenters. The fourth-order valence-electron chi connectivity index (χ4n) is 5.02. The van der Waals surface area contributed by atoms with E-state index in [1.54, 1.807) is 0 Å². The van der Waals surface area contributed by atoms with Gasteiger partial charge < -0.3 is 9.11 Å². The van der Waals surface area contributed by atoms with Crippen LogP contribution in [0.2, 0.25) is 0 Å². The molecular formula is C36H70O8S2Zn. The van der Waals surface area contributed by atoms with Crippen molar-refractivity contribution in [2.24, 2.45) is 0 Å². The molecule has 11 heteroatoms. The first kappa shape index (κ1) is 51.2. The van der Waals surface area contributed by atoms with Crippen molar-refractivity contribution in [2.45, 2.75) is 194 Å². The van der Waals surface area contributed by atoms with E-state index in [9.17, 15) is 25.9 Å². The topological polar surface area (TPSA) is 133 Å². The SMILES string of the molecule is CCCCCCCC/C=C\CCCCCCCCOS(=O)(=O)[O-].CCCCCCCC/C=C\CCCCCCCCOS(=O)(=O)[O-].[Zn+2]. The summed E-state index contributed by atoms with van der Waals surface area (Å²) in [6.07, 6.45) is 42.7. The predicted molar refractivity (Wildman–Crippen MR) is 190 cm³/mol. The fourth-order valence-corrected chi connectivity index (χ4v) is 5.67. The minimum absolute atomic E-state index is 0. The summed E-state index contributed by atoms with van der Waals surface area (Å²) < 4.78 is 69.6. The molecule has 0 spiro atoms. The second-order valence-corrected chi connectivity index (χ2v) is 14.4. The van der Waals surface area contributed by atoms with E-state index in [1.165, 1.54) is 116 Å². The normalized spacial score (nSPS) is 12.0. The maximum atomic E-state index is 10.2. The summed E-state index contributed by atoms with van der Waals surface area (Å²) in [4.78, 5) is 0. The van der Waals surface area contributed by atoms with E-state index in [0.717, 1.165) is 51.4 Å². The Labute approximate surface area is 304 Å². The second-order valence-electron chi connectivity index (χ2n) is 12.3. The minimum Gasteiger partial charge on any atom is -0.726 e. The molecule has 0 aliphatic heterocycles. The molecule has 0 radical (unpaired) electrons. The predicted octanol–water partition coefficient (Wildman–Crippen LogP) is 11.0. The zero-order valence-electron chi connectivity index (χ0n) is 30.3. The van der Waals surface area contributed by atoms with Crippen LogP contribution in [0, 0.1) is 0 Å². The largest absolute Gasteiger partial charge is 2.00 e. The van der Waals surface area contributed by atoms with Crippen LogP contribution in [0.5, 0.6) is 0 Å². The second kappa shape index (κ2) is 40.3. The smallest absolute Gasteiger partial charge is 0.726 e. The first-order chi connectivity index (χ1) is 22.1. The maximum Gasteiger partial charge on any atom is 2.00 e. The Morgan fingerprint density at radius 2 is 0.596 bits per heavy atom. The van der Waals surface area contributed by atoms with E-state index in [1.807, 2.05) is 0 Å². The quantitative estimate of drug-likeness (QED) is 0.0208. The first-order valence-electron chi connectivity index (χ1n) is 18.6. The summed E-state index contributed by atoms with van der Waals surface area (Å²) in [5.74, 6) is 0. The van der Waals surface area contributed by atoms with E-state index in [-0.39, 0.29) is 32.7 Å². The Kier molecular flexibility index (Phi) is 43.9. The number of hydrogen-bond acceptors (Lipinski definition) is 8. The molecular weight excluding hydrogens is 690 g/mol. The van der Waals surface area contributed by atoms with Gasteiger partial charge in [-0.15, -0.1) is 0 Å². The molecule has 0 amide bonds. The molecule has 0 aromatic rings. The van der Waals surface area contributed by atoms with E-state index >= 15 is 0 Å². The zero-order chi connectivity index (χ0) is 34.5. The third-order valence-electron chi connectivity index (χ3n) is 7.77. The molecule has 0 saturated heterocycles. The van der Waals surface area contributed by atoms with Crippen LogP contribution in [0.1, 0.15) is 194 Å². The van der Waals surface area contributed by atoms with Gasteiger partial charge in [0, 0.05) is 0 Å². The molecule has 0 rings (SSSR count). The van der Waals surface area contributed by atoms with Crippen molar-refractivity contribution in [1.82, 2.24) is 0 Å². The third kappa shape index (κ3) is 55.5. The average molecular weight is 760 g/mol. The molecule has 8 nitrogen and oxygen atoms in total. The van der Waals surface area contributed by atoms with Gasteiger partial charge in [0.15, 0.2) is 0 Å². The molecule has 276 valence electrons. The number of allylic oxidation sites excluding steroid dienone is 4. The molecule has 0 aliphatic rings. The molecule has 0 atom stereocenters. The summed E-state index contributed by atoms with van der Waals surface area (Å²) in [7, 11) is -9.00. The van der Waals surface area contributed by atoms with Crippen LogP contribution in [-0.4, -0.2) is 39.2 Å². The molecule has 0 aromatic carbocycles. The van der Waals surface area contributed by atoms with Gasteiger partial charge in [-0.25, -0.2) is 16.8 Å². The monoisotopic (exact) mass is 758 g/mol. The Morgan fingerprint density at radius 3 is 0.830 bits per heavy atom. The van der Waals surface area contributed by atoms with Gasteiger partial charge in [-0.1, -0.05) is 154 Å². The van der Waals surface area contributed by atoms with Crippen molar-refractivity contribution in [3.05, 3.63) is 24.3 Å². The van der Waals surface area contributed by atoms with Crippen LogP contribution in [-0.2, 0) is 48.6 Å². The van der Waals surface area contributed by atoms with Crippen molar-refractivity contribution in [2.75, 3.05) is 13.2 Å². The Balaban J connectivity index is -0.000000807. The van der Waals surface area contributed by atoms with Gasteiger partial charge in [-0.05, 0) is 64.2 Å². The first-order valence-corrected chi connectivity index (χ1v) is 21.3. The maximum absolute atomic E-state index is 10.2. The molecule has 47 heavy (non-hydrogen) atoms. The third-order valence-corrected chi connectivity index (χ3v) is 8.68. The molecule has 0 aromatic heterocycles. The van der Waals surface area contributed by atoms with Gasteiger partial charge in [-0.2, -0.15) is 0 Å². The van der Waals surface area contributed by atoms with Gasteiger partial charge in [-0.3, -0.25) is 8.37 Å². The molecule has 0 aliphatic carbocycles. The zero-order valence-corrected chi connectivity index (χ0v) is 34.9. The van der Waals surface area contributed by atoms with Crippen molar-refractivity contribution in [3.8, 4) is 0 Å². The summed E-state index contributed by atoms with van der Waals surface area (Å²) in [5, 5.41) is 0. The van der Waals surface area contributed by atoms with Gasteiger partial charge in [0.25, 0.3) is 0 Å². The standard InChI is InChI=1S/2C18H36O4S.Zn/c2*1-2-3-4-5-6-7-8-9-10-11-12-13-14-15-16-17-18-22-23(19,20)21;/h2*9-10H,2-8,11-18H2,1H3,(H,19,20,21);/q;;+2/p-2/b2*10-9-;. The molecule has 0 bridgehead atoms. The molecule has 0 N–H and O–H groups in total. The van der Waals surface area contributed by atoms with Crippen molar-refractivity contribution in [3.63, 3.8) is 0 Å². The number of unbranched alkanes of at least 4 members (excludes halogenated alkanes) is 24. The van der Waals surface area contributed by atoms with Gasteiger partial charge in [0.05, 0.1) is 13.2 Å². The van der Waals surface area contributed by atoms with Crippen molar-refractivity contribution < 1.29 is 53.8 Å². The average Bonchev–Trinajstić information content (AvgIpc) is 2.99. The molecule has 0 heterocycles. The summed E-state index contributed by atoms with van der Waals surface area (Å²) in [6.45, 7) is 4.54. The minimum atomic E-state index is -4.50. The van der Waals surface area contributed by atoms with Gasteiger partial charge >= 0.3 is 19.5 Å². The van der Waals surface area contributed by atoms with Crippen LogP contribution in [0.15, 0.2) is 24.3 Å². The summed E-state index contributed by atoms with van der Waals surface area (Å²) >= 11 is 0. The van der Waals surface area contributed by atoms with E-state index in [0.29, 0.717) is 12.8 Å². The summed E-state index contributed by atoms with van der Waals surface area (Å²) in [5.41, 5.74) is 0. The summed E-state index contributed by atoms with van der Waals surface area (Å²) in [6, 6.07) is 0. The van der Waals surface area contributed by atoms with E-state index in [2.05, 4.69) is 46.5 Å². The molecule has 0 saturated carbocycles. The van der Waals surface area contributed by atoms with Gasteiger partial charge in [0.2, 0.25) is 20.8 Å². The number of hydrogen-bond donors (Lipinski definition) is 0. The van der Waals surface area contributed by atoms with Crippen LogP contribution >= 0.6 is 0 Å². The van der Waals surface area contributed by atoms with Crippen molar-refractivity contribution >= 4 is 20.8 Å². The van der Waals surface area contributed by atoms with Crippen molar-refractivity contribution in [1.29, 1.82) is 0 Å². The van der Waals surface area contributed by atoms with Crippen LogP contribution in [0.25, 0.3) is 0 Å². The Bertz CT molecular complexity index is 805. The molecule has 0 fully saturated rings. The van der Waals surface area contributed by atoms with Crippen LogP contribution in [0.4, 0.5) is 0 Å². The van der Waals surface area contributed by atoms with Crippen LogP contribution < -0.4 is 0 Å². The Morgan fingerprint density at radius 1 is 0.383 bits per heavy atom. The number of rotatable bonds is 34. The fraction of sp³-hybridized carbons (Fsp3) is 0.889. The van der Waals surface area contributed by atoms with E-state index < -0.39 is 20.8 Å².